The molecule has 0 radical (unpaired) electrons. The molecule has 2 aliphatic rings. The Kier molecular flexibility index (Phi) is 8.06. The highest BCUT2D eigenvalue weighted by molar-refractivity contribution is 7.92. The average Bonchev–Trinajstić information content (AvgIpc) is 2.95. The molecule has 2 amide bonds. The van der Waals surface area contributed by atoms with Gasteiger partial charge < -0.3 is 20.5 Å². The maximum absolute atomic E-state index is 15.2. The third-order valence-corrected chi connectivity index (χ3v) is 9.94. The van der Waals surface area contributed by atoms with Crippen molar-refractivity contribution in [1.82, 2.24) is 14.9 Å². The summed E-state index contributed by atoms with van der Waals surface area (Å²) in [5.74, 6) is -1.01. The van der Waals surface area contributed by atoms with Crippen LogP contribution >= 0.6 is 0 Å². The van der Waals surface area contributed by atoms with Gasteiger partial charge in [-0.15, -0.1) is 0 Å². The Balaban J connectivity index is 1.61. The molecule has 10 nitrogen and oxygen atoms in total. The van der Waals surface area contributed by atoms with Gasteiger partial charge in [0.25, 0.3) is 5.56 Å². The number of rotatable bonds is 4. The van der Waals surface area contributed by atoms with E-state index in [1.807, 2.05) is 13.0 Å². The second-order valence-corrected chi connectivity index (χ2v) is 13.5. The lowest BCUT2D eigenvalue weighted by Crippen LogP contribution is -2.31. The number of Topliss-reactive ketones (excluding diaryl/α,β-unsaturated/α-hetero) is 1. The number of benzene rings is 3. The molecule has 1 aromatic heterocycles. The summed E-state index contributed by atoms with van der Waals surface area (Å²) < 4.78 is 41.6. The standard InChI is InChI=1S/C31H32FN5O5S/c1-17(2)43(41,42)28-10-8-22-12-19(28)7-9-27(38)29(20-5-6-21(18(3)11-20)15-37(4)31(40)35-22)36-26-13-23-25(14-24(26)32)33-16-34-30(23)39/h5-6,8,10-14,16-17,29,36H,7,9,15H2,1-4H3,(H,35,40)(H,33,34,39). The summed E-state index contributed by atoms with van der Waals surface area (Å²) in [7, 11) is -2.06. The van der Waals surface area contributed by atoms with E-state index in [2.05, 4.69) is 20.6 Å². The van der Waals surface area contributed by atoms with Crippen LogP contribution in [0.1, 0.15) is 48.6 Å². The second kappa shape index (κ2) is 11.6. The third-order valence-electron chi connectivity index (χ3n) is 7.68. The zero-order valence-electron chi connectivity index (χ0n) is 24.2. The van der Waals surface area contributed by atoms with Crippen molar-refractivity contribution in [2.45, 2.75) is 56.3 Å². The van der Waals surface area contributed by atoms with E-state index in [4.69, 9.17) is 0 Å². The van der Waals surface area contributed by atoms with Crippen molar-refractivity contribution in [2.24, 2.45) is 0 Å². The highest BCUT2D eigenvalue weighted by Crippen LogP contribution is 2.30. The molecule has 224 valence electrons. The van der Waals surface area contributed by atoms with Gasteiger partial charge in [0.15, 0.2) is 15.6 Å². The zero-order chi connectivity index (χ0) is 31.1. The van der Waals surface area contributed by atoms with Crippen LogP contribution in [0.15, 0.2) is 64.5 Å². The van der Waals surface area contributed by atoms with Crippen LogP contribution in [0.2, 0.25) is 0 Å². The van der Waals surface area contributed by atoms with Gasteiger partial charge in [0.05, 0.1) is 33.1 Å². The SMILES string of the molecule is Cc1cc2ccc1CN(C)C(=O)Nc1ccc(S(=O)(=O)C(C)C)c(c1)CCC(=O)C2Nc1cc2c(=O)[nH]cnc2cc1F. The number of nitrogens with one attached hydrogen (secondary N) is 3. The highest BCUT2D eigenvalue weighted by atomic mass is 32.2. The first-order valence-corrected chi connectivity index (χ1v) is 15.3. The number of halogens is 1. The van der Waals surface area contributed by atoms with E-state index in [-0.39, 0.29) is 52.7 Å². The molecule has 0 saturated carbocycles. The Hall–Kier alpha value is -4.58. The number of urea groups is 1. The van der Waals surface area contributed by atoms with E-state index in [0.717, 1.165) is 17.2 Å². The van der Waals surface area contributed by atoms with Gasteiger partial charge in [0.1, 0.15) is 11.9 Å². The predicted molar refractivity (Wildman–Crippen MR) is 162 cm³/mol. The molecule has 12 heteroatoms. The number of anilines is 2. The van der Waals surface area contributed by atoms with E-state index in [0.29, 0.717) is 16.8 Å². The van der Waals surface area contributed by atoms with Gasteiger partial charge in [-0.1, -0.05) is 18.2 Å². The van der Waals surface area contributed by atoms with E-state index in [1.54, 1.807) is 39.1 Å². The van der Waals surface area contributed by atoms with Gasteiger partial charge in [-0.2, -0.15) is 0 Å². The van der Waals surface area contributed by atoms with Crippen molar-refractivity contribution in [2.75, 3.05) is 17.7 Å². The van der Waals surface area contributed by atoms with Gasteiger partial charge in [0, 0.05) is 31.8 Å². The quantitative estimate of drug-likeness (QED) is 0.301. The lowest BCUT2D eigenvalue weighted by Gasteiger charge is -2.22. The first kappa shape index (κ1) is 29.9. The van der Waals surface area contributed by atoms with Crippen molar-refractivity contribution in [3.05, 3.63) is 93.3 Å². The molecule has 4 bridgehead atoms. The second-order valence-electron chi connectivity index (χ2n) is 11.0. The fourth-order valence-corrected chi connectivity index (χ4v) is 6.41. The maximum atomic E-state index is 15.2. The van der Waals surface area contributed by atoms with Crippen molar-refractivity contribution < 1.29 is 22.4 Å². The molecule has 0 spiro atoms. The van der Waals surface area contributed by atoms with E-state index in [1.165, 1.54) is 29.4 Å². The lowest BCUT2D eigenvalue weighted by molar-refractivity contribution is -0.119. The Bertz CT molecular complexity index is 1920. The summed E-state index contributed by atoms with van der Waals surface area (Å²) in [5, 5.41) is 5.27. The molecule has 3 N–H and O–H groups in total. The number of nitrogens with zero attached hydrogens (tertiary/aromatic N) is 2. The number of hydrogen-bond donors (Lipinski definition) is 3. The van der Waals surface area contributed by atoms with Gasteiger partial charge in [0.2, 0.25) is 0 Å². The van der Waals surface area contributed by atoms with Gasteiger partial charge in [-0.05, 0) is 73.7 Å². The smallest absolute Gasteiger partial charge is 0.321 e. The number of carbonyl (C=O) groups excluding carboxylic acids is 2. The molecule has 3 aromatic carbocycles. The van der Waals surface area contributed by atoms with Crippen LogP contribution in [0.25, 0.3) is 10.9 Å². The molecule has 1 atom stereocenters. The Morgan fingerprint density at radius 2 is 1.79 bits per heavy atom. The molecule has 43 heavy (non-hydrogen) atoms. The van der Waals surface area contributed by atoms with E-state index < -0.39 is 32.5 Å². The number of sulfone groups is 1. The van der Waals surface area contributed by atoms with Crippen LogP contribution in [0.4, 0.5) is 20.6 Å². The number of aromatic nitrogens is 2. The van der Waals surface area contributed by atoms with Gasteiger partial charge >= 0.3 is 6.03 Å². The molecule has 3 heterocycles. The fourth-order valence-electron chi connectivity index (χ4n) is 5.11. The maximum Gasteiger partial charge on any atom is 0.321 e. The third kappa shape index (κ3) is 6.00. The topological polar surface area (TPSA) is 141 Å². The first-order valence-electron chi connectivity index (χ1n) is 13.8. The number of H-pyrrole nitrogens is 1. The molecule has 0 saturated heterocycles. The summed E-state index contributed by atoms with van der Waals surface area (Å²) in [6.07, 6.45) is 1.15. The summed E-state index contributed by atoms with van der Waals surface area (Å²) in [4.78, 5) is 47.3. The molecule has 2 aliphatic heterocycles. The molecule has 6 rings (SSSR count). The monoisotopic (exact) mass is 605 g/mol. The van der Waals surface area contributed by atoms with Crippen molar-refractivity contribution in [3.63, 3.8) is 0 Å². The van der Waals surface area contributed by atoms with E-state index in [9.17, 15) is 22.8 Å². The minimum absolute atomic E-state index is 0.0522. The van der Waals surface area contributed by atoms with Crippen molar-refractivity contribution >= 4 is 43.9 Å². The molecular weight excluding hydrogens is 573 g/mol. The van der Waals surface area contributed by atoms with Crippen LogP contribution in [-0.4, -0.2) is 47.4 Å². The highest BCUT2D eigenvalue weighted by Gasteiger charge is 2.27. The first-order chi connectivity index (χ1) is 20.3. The number of hydrogen-bond acceptors (Lipinski definition) is 7. The molecule has 0 aliphatic carbocycles. The van der Waals surface area contributed by atoms with Gasteiger partial charge in [-0.3, -0.25) is 9.59 Å². The summed E-state index contributed by atoms with van der Waals surface area (Å²) in [5.41, 5.74) is 2.67. The van der Waals surface area contributed by atoms with Crippen LogP contribution in [0.5, 0.6) is 0 Å². The zero-order valence-corrected chi connectivity index (χ0v) is 25.0. The summed E-state index contributed by atoms with van der Waals surface area (Å²) in [6, 6.07) is 11.0. The minimum Gasteiger partial charge on any atom is -0.369 e. The van der Waals surface area contributed by atoms with Crippen molar-refractivity contribution in [3.8, 4) is 0 Å². The number of aromatic amines is 1. The molecule has 1 unspecified atom stereocenters. The molecule has 4 aromatic rings. The normalized spacial score (nSPS) is 16.2. The largest absolute Gasteiger partial charge is 0.369 e. The Morgan fingerprint density at radius 3 is 2.51 bits per heavy atom. The minimum atomic E-state index is -3.70. The number of fused-ring (bicyclic) bond motifs is 9. The number of aryl methyl sites for hydroxylation is 2. The Morgan fingerprint density at radius 1 is 1.02 bits per heavy atom. The van der Waals surface area contributed by atoms with E-state index >= 15 is 4.39 Å². The number of carbonyl (C=O) groups is 2. The van der Waals surface area contributed by atoms with Crippen LogP contribution in [0, 0.1) is 12.7 Å². The van der Waals surface area contributed by atoms with Crippen LogP contribution in [0.3, 0.4) is 0 Å². The van der Waals surface area contributed by atoms with Gasteiger partial charge in [-0.25, -0.2) is 22.6 Å². The molecular formula is C31H32FN5O5S. The number of amides is 2. The molecule has 0 fully saturated rings. The predicted octanol–water partition coefficient (Wildman–Crippen LogP) is 4.89. The lowest BCUT2D eigenvalue weighted by atomic mass is 9.94. The number of ketones is 1. The van der Waals surface area contributed by atoms with Crippen molar-refractivity contribution in [1.29, 1.82) is 0 Å². The fraction of sp³-hybridized carbons (Fsp3) is 0.290. The van der Waals surface area contributed by atoms with Crippen LogP contribution in [-0.2, 0) is 27.6 Å². The average molecular weight is 606 g/mol. The summed E-state index contributed by atoms with van der Waals surface area (Å²) >= 11 is 0. The summed E-state index contributed by atoms with van der Waals surface area (Å²) in [6.45, 7) is 5.29. The van der Waals surface area contributed by atoms with Crippen LogP contribution < -0.4 is 16.2 Å². The Labute approximate surface area is 248 Å².